The first-order valence-electron chi connectivity index (χ1n) is 7.55. The molecule has 0 aliphatic heterocycles. The molecule has 0 saturated carbocycles. The molecule has 2 N–H and O–H groups in total. The number of amides is 1. The maximum Gasteiger partial charge on any atom is 0.261 e. The largest absolute Gasteiger partial charge is 0.352 e. The van der Waals surface area contributed by atoms with Crippen LogP contribution in [-0.4, -0.2) is 20.9 Å². The van der Waals surface area contributed by atoms with Crippen molar-refractivity contribution in [2.24, 2.45) is 5.92 Å². The summed E-state index contributed by atoms with van der Waals surface area (Å²) in [5.74, 6) is 0.0130. The maximum atomic E-state index is 12.3. The van der Waals surface area contributed by atoms with Gasteiger partial charge >= 0.3 is 0 Å². The fourth-order valence-electron chi connectivity index (χ4n) is 1.98. The Morgan fingerprint density at radius 2 is 1.72 bits per heavy atom. The van der Waals surface area contributed by atoms with Gasteiger partial charge in [-0.15, -0.1) is 0 Å². The normalized spacial score (nSPS) is 11.4. The standard InChI is InChI=1S/C17H18Cl2N2O3S/c1-11(2)10-20-17(22)15-8-5-13(9-16(15)19)21-25(23,24)14-6-3-12(18)4-7-14/h3-9,11,21H,10H2,1-2H3,(H,20,22). The SMILES string of the molecule is CC(C)CNC(=O)c1ccc(NS(=O)(=O)c2ccc(Cl)cc2)cc1Cl. The van der Waals surface area contributed by atoms with Crippen LogP contribution < -0.4 is 10.0 Å². The van der Waals surface area contributed by atoms with Crippen molar-refractivity contribution in [2.75, 3.05) is 11.3 Å². The summed E-state index contributed by atoms with van der Waals surface area (Å²) in [6.45, 7) is 4.49. The minimum Gasteiger partial charge on any atom is -0.352 e. The van der Waals surface area contributed by atoms with E-state index in [9.17, 15) is 13.2 Å². The van der Waals surface area contributed by atoms with E-state index in [0.29, 0.717) is 17.5 Å². The molecule has 25 heavy (non-hydrogen) atoms. The minimum atomic E-state index is -3.77. The lowest BCUT2D eigenvalue weighted by atomic mass is 10.1. The van der Waals surface area contributed by atoms with Gasteiger partial charge in [0.05, 0.1) is 21.2 Å². The molecule has 0 aromatic heterocycles. The van der Waals surface area contributed by atoms with Gasteiger partial charge in [0.25, 0.3) is 15.9 Å². The van der Waals surface area contributed by atoms with Gasteiger partial charge in [0.2, 0.25) is 0 Å². The van der Waals surface area contributed by atoms with E-state index >= 15 is 0 Å². The van der Waals surface area contributed by atoms with Crippen molar-refractivity contribution in [1.29, 1.82) is 0 Å². The molecule has 2 aromatic rings. The van der Waals surface area contributed by atoms with E-state index in [-0.39, 0.29) is 27.1 Å². The van der Waals surface area contributed by atoms with E-state index < -0.39 is 10.0 Å². The third kappa shape index (κ3) is 5.36. The van der Waals surface area contributed by atoms with Gasteiger partial charge in [-0.25, -0.2) is 8.42 Å². The lowest BCUT2D eigenvalue weighted by Crippen LogP contribution is -2.27. The molecule has 0 aliphatic carbocycles. The van der Waals surface area contributed by atoms with Gasteiger partial charge in [0.15, 0.2) is 0 Å². The molecule has 134 valence electrons. The Morgan fingerprint density at radius 1 is 1.08 bits per heavy atom. The van der Waals surface area contributed by atoms with Crippen molar-refractivity contribution in [2.45, 2.75) is 18.7 Å². The average Bonchev–Trinajstić information content (AvgIpc) is 2.52. The number of carbonyl (C=O) groups excluding carboxylic acids is 1. The van der Waals surface area contributed by atoms with Crippen LogP contribution in [0.3, 0.4) is 0 Å². The van der Waals surface area contributed by atoms with Crippen molar-refractivity contribution >= 4 is 44.8 Å². The second kappa shape index (κ2) is 8.08. The molecule has 0 spiro atoms. The fourth-order valence-corrected chi connectivity index (χ4v) is 3.42. The Labute approximate surface area is 157 Å². The summed E-state index contributed by atoms with van der Waals surface area (Å²) in [7, 11) is -3.77. The van der Waals surface area contributed by atoms with Gasteiger partial charge in [-0.3, -0.25) is 9.52 Å². The van der Waals surface area contributed by atoms with E-state index in [1.54, 1.807) is 0 Å². The first-order chi connectivity index (χ1) is 11.7. The monoisotopic (exact) mass is 400 g/mol. The minimum absolute atomic E-state index is 0.0757. The van der Waals surface area contributed by atoms with Crippen LogP contribution in [0.15, 0.2) is 47.4 Å². The molecule has 0 bridgehead atoms. The van der Waals surface area contributed by atoms with Crippen LogP contribution in [0.25, 0.3) is 0 Å². The van der Waals surface area contributed by atoms with Gasteiger partial charge in [-0.2, -0.15) is 0 Å². The highest BCUT2D eigenvalue weighted by Crippen LogP contribution is 2.24. The molecular weight excluding hydrogens is 383 g/mol. The van der Waals surface area contributed by atoms with Crippen LogP contribution in [0.2, 0.25) is 10.0 Å². The zero-order valence-corrected chi connectivity index (χ0v) is 16.0. The lowest BCUT2D eigenvalue weighted by molar-refractivity contribution is 0.0949. The van der Waals surface area contributed by atoms with Gasteiger partial charge in [0, 0.05) is 11.6 Å². The highest BCUT2D eigenvalue weighted by molar-refractivity contribution is 7.92. The van der Waals surface area contributed by atoms with Gasteiger partial charge in [-0.1, -0.05) is 37.0 Å². The topological polar surface area (TPSA) is 75.3 Å². The molecule has 0 aliphatic rings. The molecular formula is C17H18Cl2N2O3S. The summed E-state index contributed by atoms with van der Waals surface area (Å²) >= 11 is 11.9. The van der Waals surface area contributed by atoms with Crippen LogP contribution in [0, 0.1) is 5.92 Å². The smallest absolute Gasteiger partial charge is 0.261 e. The fraction of sp³-hybridized carbons (Fsp3) is 0.235. The van der Waals surface area contributed by atoms with Crippen molar-refractivity contribution in [3.8, 4) is 0 Å². The Morgan fingerprint density at radius 3 is 2.28 bits per heavy atom. The van der Waals surface area contributed by atoms with E-state index in [1.165, 1.54) is 42.5 Å². The molecule has 8 heteroatoms. The van der Waals surface area contributed by atoms with Crippen LogP contribution in [0.1, 0.15) is 24.2 Å². The van der Waals surface area contributed by atoms with Crippen molar-refractivity contribution in [3.63, 3.8) is 0 Å². The van der Waals surface area contributed by atoms with Crippen LogP contribution >= 0.6 is 23.2 Å². The first kappa shape index (κ1) is 19.6. The van der Waals surface area contributed by atoms with Crippen molar-refractivity contribution in [1.82, 2.24) is 5.32 Å². The van der Waals surface area contributed by atoms with E-state index in [2.05, 4.69) is 10.0 Å². The van der Waals surface area contributed by atoms with E-state index in [4.69, 9.17) is 23.2 Å². The van der Waals surface area contributed by atoms with Gasteiger partial charge < -0.3 is 5.32 Å². The highest BCUT2D eigenvalue weighted by atomic mass is 35.5. The summed E-state index contributed by atoms with van der Waals surface area (Å²) in [4.78, 5) is 12.1. The molecule has 0 radical (unpaired) electrons. The zero-order valence-electron chi connectivity index (χ0n) is 13.7. The van der Waals surface area contributed by atoms with Gasteiger partial charge in [-0.05, 0) is 48.4 Å². The number of carbonyl (C=O) groups is 1. The average molecular weight is 401 g/mol. The second-order valence-corrected chi connectivity index (χ2v) is 8.38. The number of rotatable bonds is 6. The molecule has 2 rings (SSSR count). The van der Waals surface area contributed by atoms with Crippen LogP contribution in [0.5, 0.6) is 0 Å². The molecule has 5 nitrogen and oxygen atoms in total. The molecule has 0 atom stereocenters. The first-order valence-corrected chi connectivity index (χ1v) is 9.79. The number of sulfonamides is 1. The summed E-state index contributed by atoms with van der Waals surface area (Å²) in [5.41, 5.74) is 0.553. The zero-order chi connectivity index (χ0) is 18.6. The molecule has 0 unspecified atom stereocenters. The third-order valence-electron chi connectivity index (χ3n) is 3.26. The number of nitrogens with one attached hydrogen (secondary N) is 2. The van der Waals surface area contributed by atoms with Crippen molar-refractivity contribution in [3.05, 3.63) is 58.1 Å². The van der Waals surface area contributed by atoms with Crippen LogP contribution in [0.4, 0.5) is 5.69 Å². The van der Waals surface area contributed by atoms with Crippen LogP contribution in [-0.2, 0) is 10.0 Å². The van der Waals surface area contributed by atoms with Crippen molar-refractivity contribution < 1.29 is 13.2 Å². The lowest BCUT2D eigenvalue weighted by Gasteiger charge is -2.11. The summed E-state index contributed by atoms with van der Waals surface area (Å²) in [5, 5.41) is 3.37. The Kier molecular flexibility index (Phi) is 6.32. The molecule has 0 saturated heterocycles. The molecule has 0 fully saturated rings. The van der Waals surface area contributed by atoms with E-state index in [0.717, 1.165) is 0 Å². The van der Waals surface area contributed by atoms with Gasteiger partial charge in [0.1, 0.15) is 0 Å². The number of halogens is 2. The number of hydrogen-bond acceptors (Lipinski definition) is 3. The Balaban J connectivity index is 2.17. The van der Waals surface area contributed by atoms with E-state index in [1.807, 2.05) is 13.8 Å². The molecule has 0 heterocycles. The maximum absolute atomic E-state index is 12.3. The number of benzene rings is 2. The number of hydrogen-bond donors (Lipinski definition) is 2. The summed E-state index contributed by atoms with van der Waals surface area (Å²) in [6.07, 6.45) is 0. The highest BCUT2D eigenvalue weighted by Gasteiger charge is 2.16. The second-order valence-electron chi connectivity index (χ2n) is 5.86. The molecule has 1 amide bonds. The Bertz CT molecular complexity index is 866. The third-order valence-corrected chi connectivity index (χ3v) is 5.22. The predicted molar refractivity (Wildman–Crippen MR) is 101 cm³/mol. The Hall–Kier alpha value is -1.76. The number of anilines is 1. The predicted octanol–water partition coefficient (Wildman–Crippen LogP) is 4.18. The summed E-state index contributed by atoms with van der Waals surface area (Å²) in [6, 6.07) is 10.2. The summed E-state index contributed by atoms with van der Waals surface area (Å²) < 4.78 is 27.1. The molecule has 2 aromatic carbocycles. The quantitative estimate of drug-likeness (QED) is 0.763.